The van der Waals surface area contributed by atoms with Crippen LogP contribution in [0.1, 0.15) is 17.4 Å². The molecule has 0 fully saturated rings. The molecule has 0 radical (unpaired) electrons. The van der Waals surface area contributed by atoms with Gasteiger partial charge in [0.15, 0.2) is 0 Å². The average molecular weight is 284 g/mol. The maximum atomic E-state index is 9.44. The van der Waals surface area contributed by atoms with Gasteiger partial charge in [0.2, 0.25) is 0 Å². The van der Waals surface area contributed by atoms with Gasteiger partial charge >= 0.3 is 0 Å². The van der Waals surface area contributed by atoms with Crippen LogP contribution in [0.25, 0.3) is 0 Å². The molecule has 2 nitrogen and oxygen atoms in total. The van der Waals surface area contributed by atoms with Crippen molar-refractivity contribution in [3.8, 4) is 0 Å². The van der Waals surface area contributed by atoms with Crippen molar-refractivity contribution in [3.63, 3.8) is 0 Å². The molecule has 1 heterocycles. The molecule has 62 valence electrons. The average Bonchev–Trinajstić information content (AvgIpc) is 2.36. The zero-order chi connectivity index (χ0) is 8.27. The lowest BCUT2D eigenvalue weighted by Crippen LogP contribution is -1.98. The first-order chi connectivity index (χ1) is 5.25. The Kier molecular flexibility index (Phi) is 3.77. The Morgan fingerprint density at radius 1 is 1.64 bits per heavy atom. The molecule has 0 bridgehead atoms. The van der Waals surface area contributed by atoms with Crippen molar-refractivity contribution in [1.29, 1.82) is 0 Å². The van der Waals surface area contributed by atoms with Crippen molar-refractivity contribution in [2.24, 2.45) is 0 Å². The van der Waals surface area contributed by atoms with Gasteiger partial charge in [0, 0.05) is 21.5 Å². The molecule has 2 N–H and O–H groups in total. The lowest BCUT2D eigenvalue weighted by atomic mass is 10.2. The summed E-state index contributed by atoms with van der Waals surface area (Å²) in [5, 5.41) is 19.9. The summed E-state index contributed by atoms with van der Waals surface area (Å²) < 4.78 is 1.08. The molecule has 1 aromatic rings. The van der Waals surface area contributed by atoms with Crippen molar-refractivity contribution in [2.75, 3.05) is 6.61 Å². The molecule has 0 aromatic carbocycles. The fraction of sp³-hybridized carbons (Fsp3) is 0.429. The third-order valence-corrected chi connectivity index (χ3v) is 3.67. The largest absolute Gasteiger partial charge is 0.396 e. The van der Waals surface area contributed by atoms with E-state index in [4.69, 9.17) is 5.11 Å². The van der Waals surface area contributed by atoms with Crippen LogP contribution < -0.4 is 0 Å². The second kappa shape index (κ2) is 4.39. The summed E-state index contributed by atoms with van der Waals surface area (Å²) in [7, 11) is 0. The van der Waals surface area contributed by atoms with Gasteiger partial charge in [-0.05, 0) is 34.0 Å². The Morgan fingerprint density at radius 3 is 2.82 bits per heavy atom. The van der Waals surface area contributed by atoms with E-state index in [-0.39, 0.29) is 6.61 Å². The van der Waals surface area contributed by atoms with Crippen LogP contribution in [0, 0.1) is 3.57 Å². The Labute approximate surface area is 83.0 Å². The highest BCUT2D eigenvalue weighted by Gasteiger charge is 2.11. The molecule has 1 rings (SSSR count). The molecular formula is C7H9IO2S. The van der Waals surface area contributed by atoms with Crippen LogP contribution >= 0.6 is 33.9 Å². The van der Waals surface area contributed by atoms with Gasteiger partial charge in [0.25, 0.3) is 0 Å². The molecule has 1 aromatic heterocycles. The van der Waals surface area contributed by atoms with E-state index in [0.29, 0.717) is 6.42 Å². The number of aliphatic hydroxyl groups is 2. The third kappa shape index (κ3) is 2.40. The summed E-state index contributed by atoms with van der Waals surface area (Å²) >= 11 is 3.71. The standard InChI is InChI=1S/C7H9IO2S/c8-5-2-4-11-7(5)6(10)1-3-9/h2,4,6,9-10H,1,3H2. The maximum Gasteiger partial charge on any atom is 0.0914 e. The third-order valence-electron chi connectivity index (χ3n) is 1.35. The summed E-state index contributed by atoms with van der Waals surface area (Å²) in [5.41, 5.74) is 0. The highest BCUT2D eigenvalue weighted by molar-refractivity contribution is 14.1. The summed E-state index contributed by atoms with van der Waals surface area (Å²) in [6, 6.07) is 1.96. The van der Waals surface area contributed by atoms with Crippen LogP contribution in [0.4, 0.5) is 0 Å². The molecule has 0 aliphatic rings. The minimum Gasteiger partial charge on any atom is -0.396 e. The normalized spacial score (nSPS) is 13.4. The SMILES string of the molecule is OCCC(O)c1sccc1I. The molecular weight excluding hydrogens is 275 g/mol. The van der Waals surface area contributed by atoms with Crippen molar-refractivity contribution >= 4 is 33.9 Å². The van der Waals surface area contributed by atoms with Crippen molar-refractivity contribution in [2.45, 2.75) is 12.5 Å². The second-order valence-electron chi connectivity index (χ2n) is 2.16. The fourth-order valence-corrected chi connectivity index (χ4v) is 2.77. The summed E-state index contributed by atoms with van der Waals surface area (Å²) in [4.78, 5) is 0.958. The van der Waals surface area contributed by atoms with E-state index in [2.05, 4.69) is 22.6 Å². The Hall–Kier alpha value is 0.350. The highest BCUT2D eigenvalue weighted by Crippen LogP contribution is 2.27. The molecule has 0 saturated heterocycles. The van der Waals surface area contributed by atoms with Crippen LogP contribution in [0.3, 0.4) is 0 Å². The minimum atomic E-state index is -0.494. The lowest BCUT2D eigenvalue weighted by Gasteiger charge is -2.05. The molecule has 1 unspecified atom stereocenters. The fourth-order valence-electron chi connectivity index (χ4n) is 0.797. The minimum absolute atomic E-state index is 0.0369. The molecule has 4 heteroatoms. The van der Waals surface area contributed by atoms with Gasteiger partial charge < -0.3 is 10.2 Å². The van der Waals surface area contributed by atoms with E-state index in [9.17, 15) is 5.11 Å². The van der Waals surface area contributed by atoms with E-state index in [0.717, 1.165) is 8.45 Å². The first-order valence-electron chi connectivity index (χ1n) is 3.27. The van der Waals surface area contributed by atoms with E-state index < -0.39 is 6.10 Å². The maximum absolute atomic E-state index is 9.44. The van der Waals surface area contributed by atoms with Crippen LogP contribution in [-0.4, -0.2) is 16.8 Å². The van der Waals surface area contributed by atoms with Gasteiger partial charge in [-0.15, -0.1) is 11.3 Å². The van der Waals surface area contributed by atoms with Crippen LogP contribution in [0.15, 0.2) is 11.4 Å². The number of rotatable bonds is 3. The second-order valence-corrected chi connectivity index (χ2v) is 4.27. The Bertz CT molecular complexity index is 224. The van der Waals surface area contributed by atoms with Crippen molar-refractivity contribution < 1.29 is 10.2 Å². The van der Waals surface area contributed by atoms with Crippen molar-refractivity contribution in [3.05, 3.63) is 19.9 Å². The number of hydrogen-bond donors (Lipinski definition) is 2. The van der Waals surface area contributed by atoms with Crippen LogP contribution in [0.2, 0.25) is 0 Å². The van der Waals surface area contributed by atoms with E-state index in [1.807, 2.05) is 11.4 Å². The van der Waals surface area contributed by atoms with E-state index >= 15 is 0 Å². The Morgan fingerprint density at radius 2 is 2.36 bits per heavy atom. The van der Waals surface area contributed by atoms with Gasteiger partial charge in [-0.1, -0.05) is 0 Å². The molecule has 0 aliphatic carbocycles. The van der Waals surface area contributed by atoms with E-state index in [1.165, 1.54) is 11.3 Å². The summed E-state index contributed by atoms with van der Waals surface area (Å²) in [6.07, 6.45) is -0.0665. The number of aliphatic hydroxyl groups excluding tert-OH is 2. The van der Waals surface area contributed by atoms with Crippen LogP contribution in [-0.2, 0) is 0 Å². The molecule has 0 saturated carbocycles. The zero-order valence-electron chi connectivity index (χ0n) is 5.83. The summed E-state index contributed by atoms with van der Waals surface area (Å²) in [5.74, 6) is 0. The monoisotopic (exact) mass is 284 g/mol. The van der Waals surface area contributed by atoms with Gasteiger partial charge in [0.1, 0.15) is 0 Å². The topological polar surface area (TPSA) is 40.5 Å². The molecule has 0 amide bonds. The highest BCUT2D eigenvalue weighted by atomic mass is 127. The van der Waals surface area contributed by atoms with Gasteiger partial charge in [-0.3, -0.25) is 0 Å². The summed E-state index contributed by atoms with van der Waals surface area (Å²) in [6.45, 7) is 0.0369. The first-order valence-corrected chi connectivity index (χ1v) is 5.23. The molecule has 0 spiro atoms. The predicted molar refractivity (Wildman–Crippen MR) is 53.7 cm³/mol. The van der Waals surface area contributed by atoms with Crippen LogP contribution in [0.5, 0.6) is 0 Å². The zero-order valence-corrected chi connectivity index (χ0v) is 8.80. The molecule has 11 heavy (non-hydrogen) atoms. The smallest absolute Gasteiger partial charge is 0.0914 e. The van der Waals surface area contributed by atoms with E-state index in [1.54, 1.807) is 0 Å². The number of hydrogen-bond acceptors (Lipinski definition) is 3. The molecule has 1 atom stereocenters. The van der Waals surface area contributed by atoms with Gasteiger partial charge in [0.05, 0.1) is 6.10 Å². The number of thiophene rings is 1. The Balaban J connectivity index is 2.67. The lowest BCUT2D eigenvalue weighted by molar-refractivity contribution is 0.137. The molecule has 0 aliphatic heterocycles. The number of halogens is 1. The quantitative estimate of drug-likeness (QED) is 0.830. The predicted octanol–water partition coefficient (Wildman–Crippen LogP) is 1.77. The van der Waals surface area contributed by atoms with Crippen molar-refractivity contribution in [1.82, 2.24) is 0 Å². The van der Waals surface area contributed by atoms with Gasteiger partial charge in [-0.25, -0.2) is 0 Å². The first kappa shape index (κ1) is 9.44. The van der Waals surface area contributed by atoms with Gasteiger partial charge in [-0.2, -0.15) is 0 Å².